The van der Waals surface area contributed by atoms with Crippen molar-refractivity contribution in [1.29, 1.82) is 5.26 Å². The molecule has 2 N–H and O–H groups in total. The van der Waals surface area contributed by atoms with E-state index in [1.54, 1.807) is 0 Å². The minimum atomic E-state index is -0.481. The Morgan fingerprint density at radius 2 is 1.42 bits per heavy atom. The van der Waals surface area contributed by atoms with E-state index in [-0.39, 0.29) is 13.2 Å². The molecule has 3 heteroatoms. The highest BCUT2D eigenvalue weighted by Gasteiger charge is 2.30. The fraction of sp³-hybridized carbons (Fsp3) is 0.562. The normalized spacial score (nSPS) is 11.2. The summed E-state index contributed by atoms with van der Waals surface area (Å²) in [7, 11) is 0. The minimum absolute atomic E-state index is 0.174. The predicted octanol–water partition coefficient (Wildman–Crippen LogP) is 2.77. The molecule has 0 heterocycles. The van der Waals surface area contributed by atoms with Gasteiger partial charge in [0, 0.05) is 13.2 Å². The first kappa shape index (κ1) is 15.7. The van der Waals surface area contributed by atoms with Crippen molar-refractivity contribution < 1.29 is 10.2 Å². The molecule has 1 aromatic carbocycles. The molecule has 0 fully saturated rings. The first-order valence-electron chi connectivity index (χ1n) is 6.97. The first-order chi connectivity index (χ1) is 9.29. The van der Waals surface area contributed by atoms with E-state index in [2.05, 4.69) is 6.07 Å². The van der Waals surface area contributed by atoms with Crippen LogP contribution in [0.15, 0.2) is 30.3 Å². The van der Waals surface area contributed by atoms with E-state index in [9.17, 15) is 5.26 Å². The largest absolute Gasteiger partial charge is 0.396 e. The number of aliphatic hydroxyl groups is 2. The quantitative estimate of drug-likeness (QED) is 0.672. The zero-order valence-corrected chi connectivity index (χ0v) is 11.4. The summed E-state index contributed by atoms with van der Waals surface area (Å²) in [6.07, 6.45) is 4.68. The van der Waals surface area contributed by atoms with Crippen molar-refractivity contribution in [2.24, 2.45) is 0 Å². The summed E-state index contributed by atoms with van der Waals surface area (Å²) >= 11 is 0. The lowest BCUT2D eigenvalue weighted by Gasteiger charge is -2.27. The van der Waals surface area contributed by atoms with Gasteiger partial charge < -0.3 is 10.2 Å². The summed E-state index contributed by atoms with van der Waals surface area (Å²) in [5, 5.41) is 27.5. The summed E-state index contributed by atoms with van der Waals surface area (Å²) in [6, 6.07) is 12.4. The molecule has 1 aromatic rings. The summed E-state index contributed by atoms with van der Waals surface area (Å²) in [4.78, 5) is 0. The molecule has 0 aromatic heterocycles. The molecule has 0 aliphatic carbocycles. The van der Waals surface area contributed by atoms with Crippen LogP contribution in [0, 0.1) is 11.3 Å². The van der Waals surface area contributed by atoms with Crippen molar-refractivity contribution in [3.8, 4) is 6.07 Å². The Labute approximate surface area is 115 Å². The summed E-state index contributed by atoms with van der Waals surface area (Å²) in [5.41, 5.74) is 0.569. The van der Waals surface area contributed by atoms with Crippen molar-refractivity contribution >= 4 is 0 Å². The molecule has 0 saturated heterocycles. The molecule has 0 aliphatic rings. The number of benzene rings is 1. The van der Waals surface area contributed by atoms with Crippen LogP contribution < -0.4 is 0 Å². The average molecular weight is 261 g/mol. The minimum Gasteiger partial charge on any atom is -0.396 e. The van der Waals surface area contributed by atoms with Gasteiger partial charge >= 0.3 is 0 Å². The molecular formula is C16H23NO2. The first-order valence-corrected chi connectivity index (χ1v) is 6.97. The number of nitriles is 1. The number of rotatable bonds is 9. The predicted molar refractivity (Wildman–Crippen MR) is 75.6 cm³/mol. The molecule has 19 heavy (non-hydrogen) atoms. The maximum Gasteiger partial charge on any atom is 0.0822 e. The van der Waals surface area contributed by atoms with Crippen molar-refractivity contribution in [2.45, 2.75) is 43.9 Å². The number of hydrogen-bond donors (Lipinski definition) is 2. The van der Waals surface area contributed by atoms with Crippen LogP contribution in [0.5, 0.6) is 0 Å². The van der Waals surface area contributed by atoms with Crippen LogP contribution in [-0.4, -0.2) is 23.4 Å². The molecule has 0 atom stereocenters. The van der Waals surface area contributed by atoms with Crippen molar-refractivity contribution in [1.82, 2.24) is 0 Å². The van der Waals surface area contributed by atoms with E-state index in [0.29, 0.717) is 0 Å². The van der Waals surface area contributed by atoms with Crippen LogP contribution in [0.4, 0.5) is 0 Å². The molecule has 104 valence electrons. The van der Waals surface area contributed by atoms with Gasteiger partial charge in [0.25, 0.3) is 0 Å². The number of aliphatic hydroxyl groups excluding tert-OH is 2. The second-order valence-electron chi connectivity index (χ2n) is 4.92. The SMILES string of the molecule is N#CC(CCCCO)(CCCCO)c1ccccc1. The lowest BCUT2D eigenvalue weighted by Crippen LogP contribution is -2.24. The zero-order chi connectivity index (χ0) is 14.0. The van der Waals surface area contributed by atoms with Crippen molar-refractivity contribution in [3.63, 3.8) is 0 Å². The molecule has 1 rings (SSSR count). The lowest BCUT2D eigenvalue weighted by molar-refractivity contribution is 0.267. The zero-order valence-electron chi connectivity index (χ0n) is 11.4. The molecular weight excluding hydrogens is 238 g/mol. The smallest absolute Gasteiger partial charge is 0.0822 e. The van der Waals surface area contributed by atoms with Crippen LogP contribution in [0.1, 0.15) is 44.1 Å². The van der Waals surface area contributed by atoms with E-state index >= 15 is 0 Å². The Morgan fingerprint density at radius 3 is 1.84 bits per heavy atom. The third-order valence-electron chi connectivity index (χ3n) is 3.56. The van der Waals surface area contributed by atoms with Crippen LogP contribution in [0.25, 0.3) is 0 Å². The molecule has 0 unspecified atom stereocenters. The van der Waals surface area contributed by atoms with Gasteiger partial charge in [0.15, 0.2) is 0 Å². The maximum atomic E-state index is 9.65. The van der Waals surface area contributed by atoms with E-state index in [1.165, 1.54) is 0 Å². The number of unbranched alkanes of at least 4 members (excludes halogenated alkanes) is 2. The molecule has 0 saturated carbocycles. The van der Waals surface area contributed by atoms with E-state index < -0.39 is 5.41 Å². The molecule has 0 amide bonds. The highest BCUT2D eigenvalue weighted by molar-refractivity contribution is 5.32. The highest BCUT2D eigenvalue weighted by atomic mass is 16.3. The number of nitrogens with zero attached hydrogens (tertiary/aromatic N) is 1. The molecule has 0 radical (unpaired) electrons. The Hall–Kier alpha value is -1.37. The van der Waals surface area contributed by atoms with E-state index in [1.807, 2.05) is 30.3 Å². The van der Waals surface area contributed by atoms with Gasteiger partial charge in [-0.15, -0.1) is 0 Å². The Balaban J connectivity index is 2.83. The van der Waals surface area contributed by atoms with Gasteiger partial charge in [0.05, 0.1) is 11.5 Å². The van der Waals surface area contributed by atoms with E-state index in [0.717, 1.165) is 44.1 Å². The molecule has 3 nitrogen and oxygen atoms in total. The van der Waals surface area contributed by atoms with Gasteiger partial charge in [-0.1, -0.05) is 30.3 Å². The molecule has 0 spiro atoms. The van der Waals surface area contributed by atoms with Crippen molar-refractivity contribution in [3.05, 3.63) is 35.9 Å². The van der Waals surface area contributed by atoms with Crippen molar-refractivity contribution in [2.75, 3.05) is 13.2 Å². The molecule has 0 aliphatic heterocycles. The average Bonchev–Trinajstić information content (AvgIpc) is 2.47. The second kappa shape index (κ2) is 8.68. The standard InChI is InChI=1S/C16H23NO2/c17-14-16(10-4-6-12-18,11-5-7-13-19)15-8-2-1-3-9-15/h1-3,8-9,18-19H,4-7,10-13H2. The fourth-order valence-corrected chi connectivity index (χ4v) is 2.42. The van der Waals surface area contributed by atoms with Gasteiger partial charge in [-0.05, 0) is 44.1 Å². The maximum absolute atomic E-state index is 9.65. The summed E-state index contributed by atoms with van der Waals surface area (Å²) < 4.78 is 0. The highest BCUT2D eigenvalue weighted by Crippen LogP contribution is 2.34. The third-order valence-corrected chi connectivity index (χ3v) is 3.56. The lowest BCUT2D eigenvalue weighted by atomic mass is 9.74. The van der Waals surface area contributed by atoms with Crippen LogP contribution in [0.2, 0.25) is 0 Å². The Morgan fingerprint density at radius 1 is 0.895 bits per heavy atom. The van der Waals surface area contributed by atoms with Gasteiger partial charge in [0.2, 0.25) is 0 Å². The van der Waals surface area contributed by atoms with Gasteiger partial charge in [-0.25, -0.2) is 0 Å². The topological polar surface area (TPSA) is 64.2 Å². The van der Waals surface area contributed by atoms with E-state index in [4.69, 9.17) is 10.2 Å². The second-order valence-corrected chi connectivity index (χ2v) is 4.92. The van der Waals surface area contributed by atoms with Gasteiger partial charge in [0.1, 0.15) is 0 Å². The van der Waals surface area contributed by atoms with Gasteiger partial charge in [-0.2, -0.15) is 5.26 Å². The monoisotopic (exact) mass is 261 g/mol. The summed E-state index contributed by atoms with van der Waals surface area (Å²) in [5.74, 6) is 0. The third kappa shape index (κ3) is 4.66. The Bertz CT molecular complexity index is 373. The number of hydrogen-bond acceptors (Lipinski definition) is 3. The Kier molecular flexibility index (Phi) is 7.17. The summed E-state index contributed by atoms with van der Waals surface area (Å²) in [6.45, 7) is 0.347. The fourth-order valence-electron chi connectivity index (χ4n) is 2.42. The van der Waals surface area contributed by atoms with Crippen LogP contribution >= 0.6 is 0 Å². The van der Waals surface area contributed by atoms with Crippen LogP contribution in [0.3, 0.4) is 0 Å². The van der Waals surface area contributed by atoms with Gasteiger partial charge in [-0.3, -0.25) is 0 Å². The van der Waals surface area contributed by atoms with Crippen LogP contribution in [-0.2, 0) is 5.41 Å². The molecule has 0 bridgehead atoms.